The number of nitrogens with zero attached hydrogens (tertiary/aromatic N) is 1. The van der Waals surface area contributed by atoms with Crippen molar-refractivity contribution in [3.05, 3.63) is 0 Å². The summed E-state index contributed by atoms with van der Waals surface area (Å²) in [5.41, 5.74) is 5.44. The van der Waals surface area contributed by atoms with E-state index in [1.807, 2.05) is 0 Å². The summed E-state index contributed by atoms with van der Waals surface area (Å²) in [4.78, 5) is 2.47. The molecule has 0 radical (unpaired) electrons. The second-order valence-electron chi connectivity index (χ2n) is 4.38. The Labute approximate surface area is 82.5 Å². The SMILES string of the molecule is CN(CCCCCN)CCC1CC1. The zero-order valence-electron chi connectivity index (χ0n) is 8.97. The average molecular weight is 184 g/mol. The van der Waals surface area contributed by atoms with Gasteiger partial charge in [0, 0.05) is 0 Å². The molecule has 2 heteroatoms. The fourth-order valence-electron chi connectivity index (χ4n) is 1.62. The maximum absolute atomic E-state index is 5.44. The molecule has 0 aromatic carbocycles. The summed E-state index contributed by atoms with van der Waals surface area (Å²) >= 11 is 0. The summed E-state index contributed by atoms with van der Waals surface area (Å²) in [6, 6.07) is 0. The highest BCUT2D eigenvalue weighted by atomic mass is 15.1. The van der Waals surface area contributed by atoms with E-state index < -0.39 is 0 Å². The summed E-state index contributed by atoms with van der Waals surface area (Å²) < 4.78 is 0. The van der Waals surface area contributed by atoms with Crippen LogP contribution in [0, 0.1) is 5.92 Å². The molecule has 0 amide bonds. The van der Waals surface area contributed by atoms with Crippen LogP contribution in [-0.4, -0.2) is 31.6 Å². The third kappa shape index (κ3) is 6.05. The lowest BCUT2D eigenvalue weighted by Gasteiger charge is -2.15. The van der Waals surface area contributed by atoms with Crippen molar-refractivity contribution in [2.75, 3.05) is 26.7 Å². The summed E-state index contributed by atoms with van der Waals surface area (Å²) in [5, 5.41) is 0. The minimum atomic E-state index is 0.853. The van der Waals surface area contributed by atoms with Crippen molar-refractivity contribution in [1.29, 1.82) is 0 Å². The molecule has 0 heterocycles. The van der Waals surface area contributed by atoms with Gasteiger partial charge in [-0.15, -0.1) is 0 Å². The predicted octanol–water partition coefficient (Wildman–Crippen LogP) is 1.85. The van der Waals surface area contributed by atoms with Crippen LogP contribution in [0.2, 0.25) is 0 Å². The highest BCUT2D eigenvalue weighted by molar-refractivity contribution is 4.73. The Morgan fingerprint density at radius 3 is 2.54 bits per heavy atom. The smallest absolute Gasteiger partial charge is 0.00191 e. The molecule has 0 aromatic rings. The molecule has 0 aliphatic heterocycles. The van der Waals surface area contributed by atoms with Crippen molar-refractivity contribution in [3.63, 3.8) is 0 Å². The van der Waals surface area contributed by atoms with Gasteiger partial charge >= 0.3 is 0 Å². The van der Waals surface area contributed by atoms with Crippen LogP contribution < -0.4 is 5.73 Å². The first-order valence-corrected chi connectivity index (χ1v) is 5.71. The third-order valence-corrected chi connectivity index (χ3v) is 2.86. The number of hydrogen-bond acceptors (Lipinski definition) is 2. The van der Waals surface area contributed by atoms with E-state index in [-0.39, 0.29) is 0 Å². The topological polar surface area (TPSA) is 29.3 Å². The Morgan fingerprint density at radius 1 is 1.15 bits per heavy atom. The quantitative estimate of drug-likeness (QED) is 0.583. The molecule has 1 saturated carbocycles. The molecule has 78 valence electrons. The van der Waals surface area contributed by atoms with E-state index >= 15 is 0 Å². The molecule has 1 rings (SSSR count). The molecule has 13 heavy (non-hydrogen) atoms. The summed E-state index contributed by atoms with van der Waals surface area (Å²) in [5.74, 6) is 1.08. The van der Waals surface area contributed by atoms with Gasteiger partial charge in [-0.25, -0.2) is 0 Å². The van der Waals surface area contributed by atoms with Gasteiger partial charge in [0.2, 0.25) is 0 Å². The zero-order valence-corrected chi connectivity index (χ0v) is 8.97. The van der Waals surface area contributed by atoms with Gasteiger partial charge in [-0.1, -0.05) is 19.3 Å². The fourth-order valence-corrected chi connectivity index (χ4v) is 1.62. The van der Waals surface area contributed by atoms with Gasteiger partial charge in [-0.2, -0.15) is 0 Å². The van der Waals surface area contributed by atoms with E-state index in [0.717, 1.165) is 12.5 Å². The second kappa shape index (κ2) is 6.39. The van der Waals surface area contributed by atoms with Crippen LogP contribution in [0.4, 0.5) is 0 Å². The Bertz CT molecular complexity index is 121. The van der Waals surface area contributed by atoms with Crippen molar-refractivity contribution >= 4 is 0 Å². The van der Waals surface area contributed by atoms with Crippen molar-refractivity contribution in [2.45, 2.75) is 38.5 Å². The average Bonchev–Trinajstić information content (AvgIpc) is 2.92. The number of rotatable bonds is 8. The van der Waals surface area contributed by atoms with Crippen LogP contribution in [0.1, 0.15) is 38.5 Å². The van der Waals surface area contributed by atoms with E-state index in [2.05, 4.69) is 11.9 Å². The number of nitrogens with two attached hydrogens (primary N) is 1. The third-order valence-electron chi connectivity index (χ3n) is 2.86. The maximum atomic E-state index is 5.44. The molecule has 2 nitrogen and oxygen atoms in total. The van der Waals surface area contributed by atoms with Crippen molar-refractivity contribution in [1.82, 2.24) is 4.90 Å². The normalized spacial score (nSPS) is 16.8. The molecule has 1 fully saturated rings. The van der Waals surface area contributed by atoms with Crippen LogP contribution in [-0.2, 0) is 0 Å². The first-order valence-electron chi connectivity index (χ1n) is 5.71. The van der Waals surface area contributed by atoms with Gasteiger partial charge in [-0.3, -0.25) is 0 Å². The van der Waals surface area contributed by atoms with Gasteiger partial charge in [0.05, 0.1) is 0 Å². The first-order chi connectivity index (χ1) is 6.33. The zero-order chi connectivity index (χ0) is 9.52. The molecule has 0 unspecified atom stereocenters. The molecule has 2 N–H and O–H groups in total. The van der Waals surface area contributed by atoms with Crippen LogP contribution in [0.15, 0.2) is 0 Å². The van der Waals surface area contributed by atoms with Crippen LogP contribution >= 0.6 is 0 Å². The van der Waals surface area contributed by atoms with E-state index in [1.54, 1.807) is 0 Å². The monoisotopic (exact) mass is 184 g/mol. The van der Waals surface area contributed by atoms with Crippen LogP contribution in [0.5, 0.6) is 0 Å². The van der Waals surface area contributed by atoms with Gasteiger partial charge in [0.15, 0.2) is 0 Å². The van der Waals surface area contributed by atoms with E-state index in [0.29, 0.717) is 0 Å². The minimum absolute atomic E-state index is 0.853. The number of unbranched alkanes of at least 4 members (excludes halogenated alkanes) is 2. The summed E-state index contributed by atoms with van der Waals surface area (Å²) in [6.45, 7) is 3.41. The maximum Gasteiger partial charge on any atom is -0.00191 e. The van der Waals surface area contributed by atoms with Gasteiger partial charge < -0.3 is 10.6 Å². The molecular weight excluding hydrogens is 160 g/mol. The lowest BCUT2D eigenvalue weighted by atomic mass is 10.2. The molecule has 1 aliphatic rings. The van der Waals surface area contributed by atoms with Gasteiger partial charge in [-0.05, 0) is 51.9 Å². The van der Waals surface area contributed by atoms with Crippen LogP contribution in [0.3, 0.4) is 0 Å². The predicted molar refractivity (Wildman–Crippen MR) is 57.7 cm³/mol. The Hall–Kier alpha value is -0.0800. The molecule has 0 saturated heterocycles. The summed E-state index contributed by atoms with van der Waals surface area (Å²) in [7, 11) is 2.24. The molecule has 1 aliphatic carbocycles. The Balaban J connectivity index is 1.81. The highest BCUT2D eigenvalue weighted by Gasteiger charge is 2.20. The summed E-state index contributed by atoms with van der Waals surface area (Å²) in [6.07, 6.45) is 8.20. The van der Waals surface area contributed by atoms with Gasteiger partial charge in [0.25, 0.3) is 0 Å². The van der Waals surface area contributed by atoms with E-state index in [4.69, 9.17) is 5.73 Å². The first kappa shape index (κ1) is 11.0. The lowest BCUT2D eigenvalue weighted by molar-refractivity contribution is 0.314. The Kier molecular flexibility index (Phi) is 5.40. The van der Waals surface area contributed by atoms with E-state index in [1.165, 1.54) is 51.6 Å². The molecule has 0 atom stereocenters. The van der Waals surface area contributed by atoms with Crippen molar-refractivity contribution in [3.8, 4) is 0 Å². The van der Waals surface area contributed by atoms with Crippen LogP contribution in [0.25, 0.3) is 0 Å². The molecular formula is C11H24N2. The second-order valence-corrected chi connectivity index (χ2v) is 4.38. The Morgan fingerprint density at radius 2 is 1.92 bits per heavy atom. The minimum Gasteiger partial charge on any atom is -0.330 e. The molecule has 0 spiro atoms. The van der Waals surface area contributed by atoms with Crippen molar-refractivity contribution in [2.24, 2.45) is 11.7 Å². The molecule has 0 bridgehead atoms. The largest absolute Gasteiger partial charge is 0.330 e. The van der Waals surface area contributed by atoms with Gasteiger partial charge in [0.1, 0.15) is 0 Å². The fraction of sp³-hybridized carbons (Fsp3) is 1.00. The standard InChI is InChI=1S/C11H24N2/c1-13(9-4-2-3-8-12)10-7-11-5-6-11/h11H,2-10,12H2,1H3. The lowest BCUT2D eigenvalue weighted by Crippen LogP contribution is -2.21. The van der Waals surface area contributed by atoms with Crippen molar-refractivity contribution < 1.29 is 0 Å². The van der Waals surface area contributed by atoms with E-state index in [9.17, 15) is 0 Å². The number of hydrogen-bond donors (Lipinski definition) is 1. The highest BCUT2D eigenvalue weighted by Crippen LogP contribution is 2.32. The molecule has 0 aromatic heterocycles.